The molecule has 1 fully saturated rings. The molecule has 1 aliphatic rings. The number of hydrogen-bond donors (Lipinski definition) is 1. The van der Waals surface area contributed by atoms with E-state index in [9.17, 15) is 9.50 Å². The largest absolute Gasteiger partial charge is 0.389 e. The van der Waals surface area contributed by atoms with Crippen LogP contribution in [-0.2, 0) is 4.74 Å². The molecule has 0 saturated heterocycles. The molecule has 0 spiro atoms. The van der Waals surface area contributed by atoms with Crippen molar-refractivity contribution in [3.8, 4) is 0 Å². The summed E-state index contributed by atoms with van der Waals surface area (Å²) in [6, 6.07) is 5.39. The van der Waals surface area contributed by atoms with Gasteiger partial charge in [0.15, 0.2) is 0 Å². The van der Waals surface area contributed by atoms with Gasteiger partial charge < -0.3 is 14.7 Å². The summed E-state index contributed by atoms with van der Waals surface area (Å²) in [7, 11) is 1.65. The number of hydrogen-bond acceptors (Lipinski definition) is 3. The number of benzene rings is 1. The van der Waals surface area contributed by atoms with Crippen LogP contribution in [0.5, 0.6) is 0 Å². The fourth-order valence-electron chi connectivity index (χ4n) is 2.09. The second-order valence-corrected chi connectivity index (χ2v) is 4.80. The Morgan fingerprint density at radius 2 is 2.22 bits per heavy atom. The van der Waals surface area contributed by atoms with Gasteiger partial charge in [-0.1, -0.05) is 6.07 Å². The molecule has 2 rings (SSSR count). The van der Waals surface area contributed by atoms with E-state index in [1.165, 1.54) is 6.07 Å². The number of aliphatic hydroxyl groups excluding tert-OH is 1. The van der Waals surface area contributed by atoms with Crippen molar-refractivity contribution in [2.45, 2.75) is 31.9 Å². The average molecular weight is 253 g/mol. The Labute approximate surface area is 107 Å². The fourth-order valence-corrected chi connectivity index (χ4v) is 2.09. The molecule has 1 N–H and O–H groups in total. The lowest BCUT2D eigenvalue weighted by Crippen LogP contribution is -2.30. The van der Waals surface area contributed by atoms with Crippen molar-refractivity contribution < 1.29 is 14.2 Å². The van der Waals surface area contributed by atoms with Crippen molar-refractivity contribution in [1.82, 2.24) is 0 Å². The smallest absolute Gasteiger partial charge is 0.146 e. The topological polar surface area (TPSA) is 32.7 Å². The van der Waals surface area contributed by atoms with Gasteiger partial charge >= 0.3 is 0 Å². The molecule has 100 valence electrons. The van der Waals surface area contributed by atoms with Gasteiger partial charge in [0.1, 0.15) is 5.82 Å². The lowest BCUT2D eigenvalue weighted by atomic mass is 10.1. The summed E-state index contributed by atoms with van der Waals surface area (Å²) in [4.78, 5) is 2.06. The lowest BCUT2D eigenvalue weighted by Gasteiger charge is -2.25. The summed E-state index contributed by atoms with van der Waals surface area (Å²) >= 11 is 0. The van der Waals surface area contributed by atoms with Crippen LogP contribution in [0.2, 0.25) is 0 Å². The third-order valence-corrected chi connectivity index (χ3v) is 3.29. The molecule has 1 atom stereocenters. The summed E-state index contributed by atoms with van der Waals surface area (Å²) < 4.78 is 19.2. The Kier molecular flexibility index (Phi) is 4.19. The Bertz CT molecular complexity index is 405. The zero-order valence-corrected chi connectivity index (χ0v) is 10.9. The van der Waals surface area contributed by atoms with E-state index in [4.69, 9.17) is 4.74 Å². The van der Waals surface area contributed by atoms with Crippen molar-refractivity contribution in [3.63, 3.8) is 0 Å². The zero-order chi connectivity index (χ0) is 13.1. The van der Waals surface area contributed by atoms with E-state index in [1.807, 2.05) is 0 Å². The van der Waals surface area contributed by atoms with Crippen LogP contribution in [0.4, 0.5) is 10.1 Å². The summed E-state index contributed by atoms with van der Waals surface area (Å²) in [5, 5.41) is 9.44. The van der Waals surface area contributed by atoms with E-state index in [1.54, 1.807) is 26.2 Å². The van der Waals surface area contributed by atoms with Crippen molar-refractivity contribution in [2.24, 2.45) is 0 Å². The second kappa shape index (κ2) is 5.67. The molecular formula is C14H20FNO2. The molecule has 1 aliphatic carbocycles. The van der Waals surface area contributed by atoms with Gasteiger partial charge in [-0.2, -0.15) is 0 Å². The molecule has 18 heavy (non-hydrogen) atoms. The monoisotopic (exact) mass is 253 g/mol. The van der Waals surface area contributed by atoms with Gasteiger partial charge in [0.2, 0.25) is 0 Å². The minimum absolute atomic E-state index is 0.267. The third kappa shape index (κ3) is 3.00. The van der Waals surface area contributed by atoms with Gasteiger partial charge in [-0.25, -0.2) is 4.39 Å². The Morgan fingerprint density at radius 1 is 1.50 bits per heavy atom. The van der Waals surface area contributed by atoms with Crippen LogP contribution >= 0.6 is 0 Å². The average Bonchev–Trinajstić information content (AvgIpc) is 3.15. The molecule has 0 radical (unpaired) electrons. The third-order valence-electron chi connectivity index (χ3n) is 3.29. The van der Waals surface area contributed by atoms with E-state index in [-0.39, 0.29) is 5.82 Å². The standard InChI is InChI=1S/C14H20FNO2/c1-10(17)11-3-6-14(13(15)9-11)16(7-8-18-2)12-4-5-12/h3,6,9-10,12,17H,4-5,7-8H2,1-2H3/t10-/m1/s1. The Hall–Kier alpha value is -1.13. The molecule has 0 amide bonds. The lowest BCUT2D eigenvalue weighted by molar-refractivity contribution is 0.198. The minimum Gasteiger partial charge on any atom is -0.389 e. The maximum atomic E-state index is 14.1. The van der Waals surface area contributed by atoms with Gasteiger partial charge in [0, 0.05) is 19.7 Å². The molecular weight excluding hydrogens is 233 g/mol. The first kappa shape index (κ1) is 13.3. The van der Waals surface area contributed by atoms with Crippen molar-refractivity contribution in [2.75, 3.05) is 25.2 Å². The van der Waals surface area contributed by atoms with E-state index in [0.29, 0.717) is 30.4 Å². The van der Waals surface area contributed by atoms with Gasteiger partial charge in [0.05, 0.1) is 18.4 Å². The van der Waals surface area contributed by atoms with Crippen LogP contribution < -0.4 is 4.90 Å². The first-order chi connectivity index (χ1) is 8.63. The normalized spacial score (nSPS) is 16.7. The van der Waals surface area contributed by atoms with Crippen molar-refractivity contribution in [1.29, 1.82) is 0 Å². The van der Waals surface area contributed by atoms with Crippen molar-refractivity contribution >= 4 is 5.69 Å². The van der Waals surface area contributed by atoms with Gasteiger partial charge in [-0.15, -0.1) is 0 Å². The van der Waals surface area contributed by atoms with Crippen LogP contribution in [0.1, 0.15) is 31.4 Å². The number of ether oxygens (including phenoxy) is 1. The minimum atomic E-state index is -0.637. The quantitative estimate of drug-likeness (QED) is 0.845. The molecule has 1 saturated carbocycles. The Morgan fingerprint density at radius 3 is 2.72 bits per heavy atom. The molecule has 3 nitrogen and oxygen atoms in total. The highest BCUT2D eigenvalue weighted by Crippen LogP contribution is 2.33. The van der Waals surface area contributed by atoms with Gasteiger partial charge in [-0.3, -0.25) is 0 Å². The van der Waals surface area contributed by atoms with E-state index in [0.717, 1.165) is 12.8 Å². The summed E-state index contributed by atoms with van der Waals surface area (Å²) in [5.74, 6) is -0.267. The molecule has 1 aromatic rings. The molecule has 0 unspecified atom stereocenters. The maximum Gasteiger partial charge on any atom is 0.146 e. The molecule has 0 aliphatic heterocycles. The molecule has 0 heterocycles. The Balaban J connectivity index is 2.19. The predicted octanol–water partition coefficient (Wildman–Crippen LogP) is 2.49. The number of aliphatic hydroxyl groups is 1. The van der Waals surface area contributed by atoms with E-state index >= 15 is 0 Å². The molecule has 4 heteroatoms. The van der Waals surface area contributed by atoms with Crippen LogP contribution in [0, 0.1) is 5.82 Å². The van der Waals surface area contributed by atoms with Crippen LogP contribution in [0.3, 0.4) is 0 Å². The number of anilines is 1. The van der Waals surface area contributed by atoms with Crippen LogP contribution in [0.25, 0.3) is 0 Å². The highest BCUT2D eigenvalue weighted by molar-refractivity contribution is 5.51. The van der Waals surface area contributed by atoms with Gasteiger partial charge in [-0.05, 0) is 37.5 Å². The highest BCUT2D eigenvalue weighted by atomic mass is 19.1. The molecule has 1 aromatic carbocycles. The predicted molar refractivity (Wildman–Crippen MR) is 69.3 cm³/mol. The van der Waals surface area contributed by atoms with Crippen LogP contribution in [0.15, 0.2) is 18.2 Å². The highest BCUT2D eigenvalue weighted by Gasteiger charge is 2.30. The van der Waals surface area contributed by atoms with Gasteiger partial charge in [0.25, 0.3) is 0 Å². The number of nitrogens with zero attached hydrogens (tertiary/aromatic N) is 1. The fraction of sp³-hybridized carbons (Fsp3) is 0.571. The van der Waals surface area contributed by atoms with Crippen molar-refractivity contribution in [3.05, 3.63) is 29.6 Å². The van der Waals surface area contributed by atoms with E-state index < -0.39 is 6.10 Å². The summed E-state index contributed by atoms with van der Waals surface area (Å²) in [6.07, 6.45) is 1.59. The maximum absolute atomic E-state index is 14.1. The number of rotatable bonds is 6. The second-order valence-electron chi connectivity index (χ2n) is 4.80. The summed E-state index contributed by atoms with van der Waals surface area (Å²) in [6.45, 7) is 2.93. The number of methoxy groups -OCH3 is 1. The number of halogens is 1. The first-order valence-corrected chi connectivity index (χ1v) is 6.36. The molecule has 0 bridgehead atoms. The summed E-state index contributed by atoms with van der Waals surface area (Å²) in [5.41, 5.74) is 1.22. The molecule has 0 aromatic heterocycles. The van der Waals surface area contributed by atoms with Crippen LogP contribution in [-0.4, -0.2) is 31.4 Å². The SMILES string of the molecule is COCCN(c1ccc([C@@H](C)O)cc1F)C1CC1. The first-order valence-electron chi connectivity index (χ1n) is 6.36. The van der Waals surface area contributed by atoms with E-state index in [2.05, 4.69) is 4.90 Å². The zero-order valence-electron chi connectivity index (χ0n) is 10.9.